The van der Waals surface area contributed by atoms with E-state index >= 15 is 0 Å². The zero-order valence-corrected chi connectivity index (χ0v) is 15.0. The van der Waals surface area contributed by atoms with Crippen molar-refractivity contribution in [1.82, 2.24) is 10.3 Å². The molecule has 0 aromatic heterocycles. The Balaban J connectivity index is 1.44. The average molecular weight is 379 g/mol. The van der Waals surface area contributed by atoms with Crippen LogP contribution in [-0.4, -0.2) is 19.2 Å². The molecule has 4 bridgehead atoms. The molecule has 4 fully saturated rings. The first-order valence-electron chi connectivity index (χ1n) is 8.84. The van der Waals surface area contributed by atoms with Crippen LogP contribution in [0.5, 0.6) is 0 Å². The number of nitro benzene ring substituents is 1. The lowest BCUT2D eigenvalue weighted by atomic mass is 9.49. The van der Waals surface area contributed by atoms with Gasteiger partial charge in [0, 0.05) is 12.1 Å². The van der Waals surface area contributed by atoms with E-state index in [1.54, 1.807) is 0 Å². The maximum Gasteiger partial charge on any atom is 0.269 e. The molecule has 0 aliphatic heterocycles. The normalized spacial score (nSPS) is 32.4. The van der Waals surface area contributed by atoms with Gasteiger partial charge in [0.05, 0.1) is 15.2 Å². The first kappa shape index (κ1) is 17.4. The van der Waals surface area contributed by atoms with E-state index < -0.39 is 20.4 Å². The maximum atomic E-state index is 12.8. The van der Waals surface area contributed by atoms with Gasteiger partial charge in [-0.3, -0.25) is 20.3 Å². The summed E-state index contributed by atoms with van der Waals surface area (Å²) in [6.07, 6.45) is 6.10. The van der Waals surface area contributed by atoms with E-state index in [0.717, 1.165) is 43.5 Å². The second-order valence-electron chi connectivity index (χ2n) is 8.01. The van der Waals surface area contributed by atoms with Gasteiger partial charge in [-0.1, -0.05) is 0 Å². The molecule has 5 rings (SSSR count). The van der Waals surface area contributed by atoms with E-state index in [0.29, 0.717) is 17.8 Å². The summed E-state index contributed by atoms with van der Waals surface area (Å²) in [5.41, 5.74) is 1.76. The summed E-state index contributed by atoms with van der Waals surface area (Å²) in [7, 11) is -3.97. The number of rotatable bonds is 5. The average Bonchev–Trinajstić information content (AvgIpc) is 2.58. The number of nitrogens with zero attached hydrogens (tertiary/aromatic N) is 1. The van der Waals surface area contributed by atoms with Gasteiger partial charge in [-0.25, -0.2) is 8.42 Å². The topological polar surface area (TPSA) is 118 Å². The van der Waals surface area contributed by atoms with Crippen molar-refractivity contribution in [3.8, 4) is 0 Å². The molecule has 140 valence electrons. The number of amides is 1. The quantitative estimate of drug-likeness (QED) is 0.600. The molecule has 0 unspecified atom stereocenters. The van der Waals surface area contributed by atoms with Crippen molar-refractivity contribution in [3.05, 3.63) is 34.4 Å². The Labute approximate surface area is 151 Å². The lowest BCUT2D eigenvalue weighted by Gasteiger charge is -2.55. The van der Waals surface area contributed by atoms with Gasteiger partial charge in [0.2, 0.25) is 5.91 Å². The highest BCUT2D eigenvalue weighted by molar-refractivity contribution is 7.89. The second kappa shape index (κ2) is 6.02. The fraction of sp³-hybridized carbons (Fsp3) is 0.588. The summed E-state index contributed by atoms with van der Waals surface area (Å²) in [6.45, 7) is 0. The van der Waals surface area contributed by atoms with Crippen LogP contribution >= 0.6 is 0 Å². The SMILES string of the molecule is O=C(NNS(=O)(=O)c1ccc([N+](=O)[O-])cc1)C12CC3CC(CC(C3)C1)C2. The predicted molar refractivity (Wildman–Crippen MR) is 92.2 cm³/mol. The predicted octanol–water partition coefficient (Wildman–Crippen LogP) is 2.12. The third-order valence-corrected chi connectivity index (χ3v) is 7.44. The zero-order chi connectivity index (χ0) is 18.5. The molecule has 1 aromatic carbocycles. The summed E-state index contributed by atoms with van der Waals surface area (Å²) in [5, 5.41) is 10.7. The molecule has 0 heterocycles. The molecule has 4 aliphatic rings. The van der Waals surface area contributed by atoms with Crippen LogP contribution in [0.1, 0.15) is 38.5 Å². The first-order chi connectivity index (χ1) is 12.3. The Hall–Kier alpha value is -2.00. The highest BCUT2D eigenvalue weighted by atomic mass is 32.2. The minimum atomic E-state index is -3.97. The smallest absolute Gasteiger partial charge is 0.269 e. The van der Waals surface area contributed by atoms with Crippen LogP contribution in [0.2, 0.25) is 0 Å². The molecule has 2 N–H and O–H groups in total. The van der Waals surface area contributed by atoms with Gasteiger partial charge in [-0.15, -0.1) is 4.83 Å². The Morgan fingerprint density at radius 2 is 1.54 bits per heavy atom. The van der Waals surface area contributed by atoms with E-state index in [1.165, 1.54) is 19.3 Å². The number of nitrogens with one attached hydrogen (secondary N) is 2. The van der Waals surface area contributed by atoms with Gasteiger partial charge < -0.3 is 0 Å². The van der Waals surface area contributed by atoms with Crippen molar-refractivity contribution in [1.29, 1.82) is 0 Å². The zero-order valence-electron chi connectivity index (χ0n) is 14.2. The number of hydrogen-bond donors (Lipinski definition) is 2. The Morgan fingerprint density at radius 1 is 1.04 bits per heavy atom. The van der Waals surface area contributed by atoms with Crippen molar-refractivity contribution >= 4 is 21.6 Å². The van der Waals surface area contributed by atoms with E-state index in [4.69, 9.17) is 0 Å². The molecule has 0 spiro atoms. The van der Waals surface area contributed by atoms with Gasteiger partial charge in [0.25, 0.3) is 15.7 Å². The number of carbonyl (C=O) groups excluding carboxylic acids is 1. The largest absolute Gasteiger partial charge is 0.277 e. The Bertz CT molecular complexity index is 814. The van der Waals surface area contributed by atoms with Crippen LogP contribution in [0.25, 0.3) is 0 Å². The Morgan fingerprint density at radius 3 is 2.00 bits per heavy atom. The molecule has 4 saturated carbocycles. The maximum absolute atomic E-state index is 12.8. The summed E-state index contributed by atoms with van der Waals surface area (Å²) >= 11 is 0. The van der Waals surface area contributed by atoms with Crippen molar-refractivity contribution in [2.75, 3.05) is 0 Å². The molecule has 9 heteroatoms. The van der Waals surface area contributed by atoms with Crippen LogP contribution in [0.4, 0.5) is 5.69 Å². The minimum absolute atomic E-state index is 0.131. The molecule has 0 radical (unpaired) electrons. The van der Waals surface area contributed by atoms with Crippen LogP contribution < -0.4 is 10.3 Å². The second-order valence-corrected chi connectivity index (χ2v) is 9.69. The molecule has 1 aromatic rings. The lowest BCUT2D eigenvalue weighted by Crippen LogP contribution is -2.56. The van der Waals surface area contributed by atoms with Gasteiger partial charge in [0.1, 0.15) is 0 Å². The van der Waals surface area contributed by atoms with Gasteiger partial charge in [-0.05, 0) is 68.4 Å². The third-order valence-electron chi connectivity index (χ3n) is 6.18. The summed E-state index contributed by atoms with van der Waals surface area (Å²) in [5.74, 6) is 1.50. The standard InChI is InChI=1S/C17H21N3O5S/c21-16(17-8-11-5-12(9-17)7-13(6-11)10-17)18-19-26(24,25)15-3-1-14(2-4-15)20(22)23/h1-4,11-13,19H,5-10H2,(H,18,21). The van der Waals surface area contributed by atoms with Crippen LogP contribution in [0, 0.1) is 33.3 Å². The Kier molecular flexibility index (Phi) is 4.03. The van der Waals surface area contributed by atoms with Crippen molar-refractivity contribution in [2.45, 2.75) is 43.4 Å². The van der Waals surface area contributed by atoms with E-state index in [9.17, 15) is 23.3 Å². The number of sulfonamides is 1. The van der Waals surface area contributed by atoms with Gasteiger partial charge in [0.15, 0.2) is 0 Å². The van der Waals surface area contributed by atoms with Crippen molar-refractivity contribution < 1.29 is 18.1 Å². The highest BCUT2D eigenvalue weighted by Crippen LogP contribution is 2.60. The summed E-state index contributed by atoms with van der Waals surface area (Å²) in [6, 6.07) is 4.54. The molecule has 8 nitrogen and oxygen atoms in total. The van der Waals surface area contributed by atoms with Gasteiger partial charge >= 0.3 is 0 Å². The molecular formula is C17H21N3O5S. The lowest BCUT2D eigenvalue weighted by molar-refractivity contribution is -0.384. The molecule has 4 aliphatic carbocycles. The molecule has 0 saturated heterocycles. The van der Waals surface area contributed by atoms with Crippen LogP contribution in [0.3, 0.4) is 0 Å². The van der Waals surface area contributed by atoms with Crippen LogP contribution in [0.15, 0.2) is 29.2 Å². The minimum Gasteiger partial charge on any atom is -0.277 e. The summed E-state index contributed by atoms with van der Waals surface area (Å²) in [4.78, 5) is 24.9. The fourth-order valence-electron chi connectivity index (χ4n) is 5.44. The summed E-state index contributed by atoms with van der Waals surface area (Å²) < 4.78 is 24.7. The van der Waals surface area contributed by atoms with Crippen molar-refractivity contribution in [2.24, 2.45) is 23.2 Å². The number of hydrazine groups is 1. The molecule has 26 heavy (non-hydrogen) atoms. The van der Waals surface area contributed by atoms with E-state index in [-0.39, 0.29) is 16.5 Å². The third kappa shape index (κ3) is 2.99. The molecular weight excluding hydrogens is 358 g/mol. The van der Waals surface area contributed by atoms with E-state index in [1.807, 2.05) is 0 Å². The fourth-order valence-corrected chi connectivity index (χ4v) is 6.28. The number of carbonyl (C=O) groups is 1. The van der Waals surface area contributed by atoms with Crippen LogP contribution in [-0.2, 0) is 14.8 Å². The van der Waals surface area contributed by atoms with Gasteiger partial charge in [-0.2, -0.15) is 0 Å². The number of nitro groups is 1. The number of non-ortho nitro benzene ring substituents is 1. The number of benzene rings is 1. The molecule has 0 atom stereocenters. The monoisotopic (exact) mass is 379 g/mol. The number of hydrogen-bond acceptors (Lipinski definition) is 5. The van der Waals surface area contributed by atoms with Crippen molar-refractivity contribution in [3.63, 3.8) is 0 Å². The first-order valence-corrected chi connectivity index (χ1v) is 10.3. The highest BCUT2D eigenvalue weighted by Gasteiger charge is 2.54. The van der Waals surface area contributed by atoms with E-state index in [2.05, 4.69) is 10.3 Å². The molecule has 1 amide bonds.